The Morgan fingerprint density at radius 2 is 0.485 bits per heavy atom. The van der Waals surface area contributed by atoms with E-state index in [0.717, 1.165) is 99.3 Å². The van der Waals surface area contributed by atoms with Crippen molar-refractivity contribution in [1.82, 2.24) is 57.3 Å². The Bertz CT molecular complexity index is 9050. The monoisotopic (exact) mass is 1660 g/mol. The molecule has 0 aliphatic rings. The van der Waals surface area contributed by atoms with Crippen LogP contribution in [0.25, 0.3) is 232 Å². The highest BCUT2D eigenvalue weighted by atomic mass is 15.2. The Morgan fingerprint density at radius 1 is 0.162 bits per heavy atom. The third kappa shape index (κ3) is 12.4. The van der Waals surface area contributed by atoms with Gasteiger partial charge < -0.3 is 22.8 Å². The number of aromatic nitrogens is 12. The maximum atomic E-state index is 5.13. The van der Waals surface area contributed by atoms with Crippen molar-refractivity contribution in [1.29, 1.82) is 0 Å². The SMILES string of the molecule is c1ccc(-c2nc(-c3ccccc3)nc(-n3c4ccccc4c4ccc(-c5cccc6c5c5ccncc5n6-c5ccccc5)cc43)n2)cc1.c1ccc(-n2c3ccccc3c3ccc(-c4cccc5c4c4cnccc4n5-c4ccccc4)cc32)cc1.c1ccc(-n2c3ccncc3c3c(-c4ccc5c6ccccc6n(-c6ccc7ccccc7c6)c5c4)cccc32)cc1. The Morgan fingerprint density at radius 3 is 0.931 bits per heavy atom. The lowest BCUT2D eigenvalue weighted by atomic mass is 9.98. The van der Waals surface area contributed by atoms with Crippen LogP contribution in [0.15, 0.2) is 462 Å². The van der Waals surface area contributed by atoms with Crippen LogP contribution in [0.1, 0.15) is 0 Å². The number of nitrogens with zero attached hydrogens (tertiary/aromatic N) is 12. The molecule has 12 heteroatoms. The molecule has 0 radical (unpaired) electrons. The summed E-state index contributed by atoms with van der Waals surface area (Å²) in [6, 6.07) is 150. The second kappa shape index (κ2) is 31.2. The highest BCUT2D eigenvalue weighted by Gasteiger charge is 2.25. The van der Waals surface area contributed by atoms with Gasteiger partial charge in [-0.1, -0.05) is 291 Å². The highest BCUT2D eigenvalue weighted by Crippen LogP contribution is 2.47. The van der Waals surface area contributed by atoms with Crippen molar-refractivity contribution in [2.45, 2.75) is 0 Å². The molecule has 10 aromatic heterocycles. The Kier molecular flexibility index (Phi) is 18.0. The first-order valence-corrected chi connectivity index (χ1v) is 43.9. The molecular weight excluding hydrogens is 1590 g/mol. The Hall–Kier alpha value is -17.7. The van der Waals surface area contributed by atoms with Gasteiger partial charge in [-0.3, -0.25) is 19.5 Å². The van der Waals surface area contributed by atoms with E-state index in [0.29, 0.717) is 17.6 Å². The largest absolute Gasteiger partial charge is 0.309 e. The molecule has 0 aliphatic heterocycles. The van der Waals surface area contributed by atoms with Crippen LogP contribution in [0, 0.1) is 0 Å². The molecule has 0 unspecified atom stereocenters. The third-order valence-corrected chi connectivity index (χ3v) is 25.7. The van der Waals surface area contributed by atoms with Crippen molar-refractivity contribution in [2.24, 2.45) is 0 Å². The van der Waals surface area contributed by atoms with Gasteiger partial charge in [-0.2, -0.15) is 9.97 Å². The molecule has 27 rings (SSSR count). The summed E-state index contributed by atoms with van der Waals surface area (Å²) in [7, 11) is 0. The first-order chi connectivity index (χ1) is 64.5. The standard InChI is InChI=1S/C44H28N6.C39H25N3.C35H23N3/c1-4-13-29(14-5-1)42-46-43(30-15-6-2-7-16-30)48-44(47-42)50-37-21-11-10-19-34(37)35-24-23-31(27-39(35)50)33-20-12-22-38-41(33)36-25-26-45-28-40(36)49(38)32-17-8-3-9-18-32;1-2-11-29(12-3-1)41-36-21-22-40-25-34(36)39-31(14-8-16-37(39)41)28-18-20-33-32-13-6-7-15-35(32)42(38(33)24-28)30-19-17-26-9-4-5-10-27(26)23-30;1-3-10-25(11-4-1)37-32-20-21-36-23-30(32)35-27(15-9-17-33(35)37)24-18-19-29-28-14-7-8-16-31(28)38(34(29)22-24)26-12-5-2-6-13-26/h1-28H;1-25H;1-23H. The number of rotatable bonds is 11. The maximum absolute atomic E-state index is 5.13. The summed E-state index contributed by atoms with van der Waals surface area (Å²) in [5.74, 6) is 1.83. The molecule has 0 bridgehead atoms. The predicted molar refractivity (Wildman–Crippen MR) is 537 cm³/mol. The van der Waals surface area contributed by atoms with Crippen molar-refractivity contribution in [3.8, 4) is 90.5 Å². The molecule has 0 saturated carbocycles. The van der Waals surface area contributed by atoms with Gasteiger partial charge in [-0.15, -0.1) is 0 Å². The average molecular weight is 1660 g/mol. The molecule has 608 valence electrons. The van der Waals surface area contributed by atoms with Crippen LogP contribution < -0.4 is 0 Å². The van der Waals surface area contributed by atoms with Gasteiger partial charge in [0.05, 0.1) is 72.4 Å². The van der Waals surface area contributed by atoms with Gasteiger partial charge >= 0.3 is 0 Å². The van der Waals surface area contributed by atoms with Gasteiger partial charge in [0.1, 0.15) is 0 Å². The van der Waals surface area contributed by atoms with E-state index < -0.39 is 0 Å². The molecule has 0 N–H and O–H groups in total. The van der Waals surface area contributed by atoms with Crippen LogP contribution in [0.5, 0.6) is 0 Å². The molecule has 0 spiro atoms. The first-order valence-electron chi connectivity index (χ1n) is 43.9. The van der Waals surface area contributed by atoms with E-state index in [1.807, 2.05) is 104 Å². The minimum atomic E-state index is 0.575. The minimum absolute atomic E-state index is 0.575. The molecule has 0 fully saturated rings. The maximum Gasteiger partial charge on any atom is 0.238 e. The number of hydrogen-bond donors (Lipinski definition) is 0. The lowest BCUT2D eigenvalue weighted by Gasteiger charge is -2.12. The van der Waals surface area contributed by atoms with Crippen LogP contribution in [-0.2, 0) is 0 Å². The summed E-state index contributed by atoms with van der Waals surface area (Å²) in [6.45, 7) is 0. The molecule has 12 nitrogen and oxygen atoms in total. The normalized spacial score (nSPS) is 11.7. The van der Waals surface area contributed by atoms with Crippen LogP contribution in [0.3, 0.4) is 0 Å². The zero-order valence-corrected chi connectivity index (χ0v) is 70.2. The van der Waals surface area contributed by atoms with E-state index in [-0.39, 0.29) is 0 Å². The first kappa shape index (κ1) is 74.8. The van der Waals surface area contributed by atoms with E-state index >= 15 is 0 Å². The van der Waals surface area contributed by atoms with E-state index in [9.17, 15) is 0 Å². The predicted octanol–water partition coefficient (Wildman–Crippen LogP) is 29.5. The number of pyridine rings is 3. The molecule has 10 heterocycles. The Labute approximate surface area is 746 Å². The zero-order chi connectivity index (χ0) is 85.7. The van der Waals surface area contributed by atoms with Crippen molar-refractivity contribution in [2.75, 3.05) is 0 Å². The van der Waals surface area contributed by atoms with Crippen LogP contribution in [0.4, 0.5) is 0 Å². The van der Waals surface area contributed by atoms with E-state index in [2.05, 4.69) is 400 Å². The summed E-state index contributed by atoms with van der Waals surface area (Å²) in [4.78, 5) is 28.8. The van der Waals surface area contributed by atoms with Gasteiger partial charge in [-0.25, -0.2) is 4.98 Å². The fourth-order valence-electron chi connectivity index (χ4n) is 20.0. The lowest BCUT2D eigenvalue weighted by molar-refractivity contribution is 0.953. The highest BCUT2D eigenvalue weighted by molar-refractivity contribution is 6.21. The zero-order valence-electron chi connectivity index (χ0n) is 70.2. The van der Waals surface area contributed by atoms with Gasteiger partial charge in [0.15, 0.2) is 11.6 Å². The van der Waals surface area contributed by atoms with E-state index in [1.165, 1.54) is 115 Å². The second-order valence-electron chi connectivity index (χ2n) is 32.9. The third-order valence-electron chi connectivity index (χ3n) is 25.7. The quantitative estimate of drug-likeness (QED) is 0.128. The molecule has 0 saturated heterocycles. The van der Waals surface area contributed by atoms with Crippen molar-refractivity contribution >= 4 is 142 Å². The number of fused-ring (bicyclic) bond motifs is 19. The fraction of sp³-hybridized carbons (Fsp3) is 0. The van der Waals surface area contributed by atoms with Gasteiger partial charge in [0.2, 0.25) is 5.95 Å². The van der Waals surface area contributed by atoms with Crippen molar-refractivity contribution in [3.63, 3.8) is 0 Å². The van der Waals surface area contributed by atoms with Crippen LogP contribution in [0.2, 0.25) is 0 Å². The van der Waals surface area contributed by atoms with Crippen molar-refractivity contribution < 1.29 is 0 Å². The molecule has 27 aromatic rings. The average Bonchev–Trinajstić information content (AvgIpc) is 1.56. The van der Waals surface area contributed by atoms with Gasteiger partial charge in [0, 0.05) is 135 Å². The summed E-state index contributed by atoms with van der Waals surface area (Å²) in [6.07, 6.45) is 11.6. The molecule has 0 aliphatic carbocycles. The number of benzene rings is 17. The number of hydrogen-bond acceptors (Lipinski definition) is 6. The van der Waals surface area contributed by atoms with E-state index in [1.54, 1.807) is 0 Å². The van der Waals surface area contributed by atoms with Gasteiger partial charge in [-0.05, 0) is 178 Å². The molecule has 130 heavy (non-hydrogen) atoms. The van der Waals surface area contributed by atoms with Crippen LogP contribution in [-0.4, -0.2) is 57.3 Å². The summed E-state index contributed by atoms with van der Waals surface area (Å²) in [5.41, 5.74) is 28.4. The summed E-state index contributed by atoms with van der Waals surface area (Å²) < 4.78 is 14.0. The topological polar surface area (TPSA) is 107 Å². The molecule has 0 atom stereocenters. The number of para-hydroxylation sites is 7. The molecule has 0 amide bonds. The molecule has 17 aromatic carbocycles. The smallest absolute Gasteiger partial charge is 0.238 e. The molecular formula is C118H76N12. The lowest BCUT2D eigenvalue weighted by Crippen LogP contribution is -2.06. The fourth-order valence-corrected chi connectivity index (χ4v) is 20.0. The van der Waals surface area contributed by atoms with Crippen LogP contribution >= 0.6 is 0 Å². The minimum Gasteiger partial charge on any atom is -0.309 e. The summed E-state index contributed by atoms with van der Waals surface area (Å²) >= 11 is 0. The second-order valence-corrected chi connectivity index (χ2v) is 32.9. The van der Waals surface area contributed by atoms with Crippen molar-refractivity contribution in [3.05, 3.63) is 462 Å². The van der Waals surface area contributed by atoms with Gasteiger partial charge in [0.25, 0.3) is 0 Å². The Balaban J connectivity index is 0.000000106. The van der Waals surface area contributed by atoms with E-state index in [4.69, 9.17) is 15.0 Å². The summed E-state index contributed by atoms with van der Waals surface area (Å²) in [5, 5.41) is 16.9.